The van der Waals surface area contributed by atoms with E-state index in [0.29, 0.717) is 28.0 Å². The molecule has 0 aromatic heterocycles. The number of halogens is 3. The fraction of sp³-hybridized carbons (Fsp3) is 0.0769. The third kappa shape index (κ3) is 3.35. The van der Waals surface area contributed by atoms with E-state index in [2.05, 4.69) is 31.9 Å². The van der Waals surface area contributed by atoms with Gasteiger partial charge in [-0.15, -0.1) is 0 Å². The minimum Gasteiger partial charge on any atom is -0.496 e. The maximum atomic E-state index is 6.07. The zero-order valence-corrected chi connectivity index (χ0v) is 13.8. The molecule has 0 heterocycles. The van der Waals surface area contributed by atoms with Crippen LogP contribution < -0.4 is 15.2 Å². The molecule has 2 aromatic carbocycles. The molecule has 0 aliphatic rings. The Morgan fingerprint density at radius 2 is 1.63 bits per heavy atom. The first-order valence-corrected chi connectivity index (χ1v) is 7.23. The van der Waals surface area contributed by atoms with Crippen LogP contribution in [-0.2, 0) is 0 Å². The monoisotopic (exact) mass is 405 g/mol. The van der Waals surface area contributed by atoms with Crippen LogP contribution in [0.1, 0.15) is 0 Å². The van der Waals surface area contributed by atoms with Crippen molar-refractivity contribution in [2.24, 2.45) is 0 Å². The van der Waals surface area contributed by atoms with Crippen molar-refractivity contribution in [3.8, 4) is 17.2 Å². The van der Waals surface area contributed by atoms with Gasteiger partial charge in [0.05, 0.1) is 21.1 Å². The van der Waals surface area contributed by atoms with Gasteiger partial charge in [-0.3, -0.25) is 0 Å². The number of hydrogen-bond acceptors (Lipinski definition) is 3. The molecule has 2 N–H and O–H groups in total. The van der Waals surface area contributed by atoms with Gasteiger partial charge in [-0.1, -0.05) is 11.6 Å². The van der Waals surface area contributed by atoms with E-state index < -0.39 is 0 Å². The van der Waals surface area contributed by atoms with Crippen molar-refractivity contribution in [1.82, 2.24) is 0 Å². The molecule has 0 spiro atoms. The van der Waals surface area contributed by atoms with Crippen LogP contribution >= 0.6 is 43.5 Å². The number of methoxy groups -OCH3 is 1. The number of hydrogen-bond donors (Lipinski definition) is 1. The van der Waals surface area contributed by atoms with Crippen molar-refractivity contribution >= 4 is 49.1 Å². The lowest BCUT2D eigenvalue weighted by Gasteiger charge is -2.12. The second-order valence-electron chi connectivity index (χ2n) is 3.71. The summed E-state index contributed by atoms with van der Waals surface area (Å²) < 4.78 is 12.5. The second-order valence-corrected chi connectivity index (χ2v) is 5.82. The van der Waals surface area contributed by atoms with Gasteiger partial charge in [0.25, 0.3) is 0 Å². The molecule has 6 heteroatoms. The van der Waals surface area contributed by atoms with Crippen LogP contribution in [0.15, 0.2) is 39.3 Å². The number of anilines is 1. The zero-order valence-electron chi connectivity index (χ0n) is 9.91. The molecule has 0 fully saturated rings. The Balaban J connectivity index is 2.35. The minimum absolute atomic E-state index is 0.457. The number of nitrogen functional groups attached to an aromatic ring is 1. The van der Waals surface area contributed by atoms with Crippen LogP contribution in [-0.4, -0.2) is 7.11 Å². The van der Waals surface area contributed by atoms with Gasteiger partial charge in [0.2, 0.25) is 0 Å². The molecule has 2 aromatic rings. The fourth-order valence-corrected chi connectivity index (χ4v) is 2.58. The van der Waals surface area contributed by atoms with Crippen LogP contribution in [0, 0.1) is 0 Å². The molecule has 2 rings (SSSR count). The second kappa shape index (κ2) is 6.03. The Kier molecular flexibility index (Phi) is 4.60. The molecule has 100 valence electrons. The van der Waals surface area contributed by atoms with E-state index in [1.54, 1.807) is 31.4 Å². The van der Waals surface area contributed by atoms with Gasteiger partial charge in [-0.05, 0) is 62.2 Å². The van der Waals surface area contributed by atoms with Crippen LogP contribution in [0.5, 0.6) is 17.2 Å². The lowest BCUT2D eigenvalue weighted by atomic mass is 10.3. The summed E-state index contributed by atoms with van der Waals surface area (Å²) in [6.45, 7) is 0. The first-order valence-electron chi connectivity index (χ1n) is 5.27. The highest BCUT2D eigenvalue weighted by Crippen LogP contribution is 2.39. The van der Waals surface area contributed by atoms with E-state index >= 15 is 0 Å². The van der Waals surface area contributed by atoms with Crippen molar-refractivity contribution in [2.75, 3.05) is 12.8 Å². The van der Waals surface area contributed by atoms with E-state index in [4.69, 9.17) is 26.8 Å². The standard InChI is InChI=1S/C13H10Br2ClNO2/c1-18-12-5-9(15)13(6-8(12)14)19-11-3-2-7(17)4-10(11)16/h2-6H,17H2,1H3. The molecular formula is C13H10Br2ClNO2. The van der Waals surface area contributed by atoms with Gasteiger partial charge in [0.1, 0.15) is 17.2 Å². The summed E-state index contributed by atoms with van der Waals surface area (Å²) in [5.41, 5.74) is 6.23. The molecule has 0 bridgehead atoms. The Labute approximate surface area is 132 Å². The predicted molar refractivity (Wildman–Crippen MR) is 84.3 cm³/mol. The Bertz CT molecular complexity index is 620. The van der Waals surface area contributed by atoms with Crippen molar-refractivity contribution in [3.63, 3.8) is 0 Å². The number of nitrogens with two attached hydrogens (primary N) is 1. The average Bonchev–Trinajstić information content (AvgIpc) is 2.36. The van der Waals surface area contributed by atoms with E-state index in [-0.39, 0.29) is 0 Å². The van der Waals surface area contributed by atoms with Crippen LogP contribution in [0.4, 0.5) is 5.69 Å². The highest BCUT2D eigenvalue weighted by molar-refractivity contribution is 9.11. The van der Waals surface area contributed by atoms with E-state index in [9.17, 15) is 0 Å². The van der Waals surface area contributed by atoms with Gasteiger partial charge in [0.15, 0.2) is 0 Å². The molecule has 0 saturated carbocycles. The molecular weight excluding hydrogens is 397 g/mol. The summed E-state index contributed by atoms with van der Waals surface area (Å²) in [5, 5.41) is 0.457. The summed E-state index contributed by atoms with van der Waals surface area (Å²) in [6.07, 6.45) is 0. The Morgan fingerprint density at radius 3 is 2.26 bits per heavy atom. The van der Waals surface area contributed by atoms with E-state index in [1.807, 2.05) is 6.07 Å². The predicted octanol–water partition coefficient (Wildman–Crippen LogP) is 5.25. The zero-order chi connectivity index (χ0) is 14.0. The molecule has 0 aliphatic heterocycles. The molecule has 0 amide bonds. The highest BCUT2D eigenvalue weighted by atomic mass is 79.9. The van der Waals surface area contributed by atoms with Crippen LogP contribution in [0.25, 0.3) is 0 Å². The van der Waals surface area contributed by atoms with Crippen molar-refractivity contribution in [2.45, 2.75) is 0 Å². The number of rotatable bonds is 3. The molecule has 19 heavy (non-hydrogen) atoms. The Hall–Kier alpha value is -0.910. The maximum absolute atomic E-state index is 6.07. The lowest BCUT2D eigenvalue weighted by Crippen LogP contribution is -1.91. The van der Waals surface area contributed by atoms with Gasteiger partial charge in [-0.2, -0.15) is 0 Å². The molecule has 0 aliphatic carbocycles. The van der Waals surface area contributed by atoms with Crippen molar-refractivity contribution < 1.29 is 9.47 Å². The van der Waals surface area contributed by atoms with Gasteiger partial charge >= 0.3 is 0 Å². The highest BCUT2D eigenvalue weighted by Gasteiger charge is 2.11. The smallest absolute Gasteiger partial charge is 0.146 e. The Morgan fingerprint density at radius 1 is 1.00 bits per heavy atom. The van der Waals surface area contributed by atoms with Gasteiger partial charge < -0.3 is 15.2 Å². The molecule has 0 unspecified atom stereocenters. The van der Waals surface area contributed by atoms with Crippen molar-refractivity contribution in [1.29, 1.82) is 0 Å². The molecule has 3 nitrogen and oxygen atoms in total. The summed E-state index contributed by atoms with van der Waals surface area (Å²) >= 11 is 12.9. The van der Waals surface area contributed by atoms with E-state index in [1.165, 1.54) is 0 Å². The van der Waals surface area contributed by atoms with Gasteiger partial charge in [-0.25, -0.2) is 0 Å². The molecule has 0 radical (unpaired) electrons. The summed E-state index contributed by atoms with van der Waals surface area (Å²) in [7, 11) is 1.60. The molecule has 0 atom stereocenters. The third-order valence-corrected chi connectivity index (χ3v) is 3.92. The summed E-state index contributed by atoms with van der Waals surface area (Å²) in [4.78, 5) is 0. The van der Waals surface area contributed by atoms with E-state index in [0.717, 1.165) is 8.95 Å². The number of ether oxygens (including phenoxy) is 2. The van der Waals surface area contributed by atoms with Crippen molar-refractivity contribution in [3.05, 3.63) is 44.3 Å². The first-order chi connectivity index (χ1) is 9.01. The fourth-order valence-electron chi connectivity index (χ4n) is 1.46. The summed E-state index contributed by atoms with van der Waals surface area (Å²) in [6, 6.07) is 8.71. The first kappa shape index (κ1) is 14.5. The topological polar surface area (TPSA) is 44.5 Å². The third-order valence-electron chi connectivity index (χ3n) is 2.38. The van der Waals surface area contributed by atoms with Gasteiger partial charge in [0, 0.05) is 5.69 Å². The van der Waals surface area contributed by atoms with Crippen LogP contribution in [0.3, 0.4) is 0 Å². The SMILES string of the molecule is COc1cc(Br)c(Oc2ccc(N)cc2Cl)cc1Br. The molecule has 0 saturated heterocycles. The summed E-state index contributed by atoms with van der Waals surface area (Å²) in [5.74, 6) is 1.87. The minimum atomic E-state index is 0.457. The maximum Gasteiger partial charge on any atom is 0.146 e. The number of benzene rings is 2. The largest absolute Gasteiger partial charge is 0.496 e. The normalized spacial score (nSPS) is 10.3. The average molecular weight is 407 g/mol. The quantitative estimate of drug-likeness (QED) is 0.707. The lowest BCUT2D eigenvalue weighted by molar-refractivity contribution is 0.409. The van der Waals surface area contributed by atoms with Crippen LogP contribution in [0.2, 0.25) is 5.02 Å².